The highest BCUT2D eigenvalue weighted by molar-refractivity contribution is 7.81. The maximum absolute atomic E-state index is 7.52. The molecule has 1 saturated heterocycles. The molecule has 3 atom stereocenters. The van der Waals surface area contributed by atoms with E-state index < -0.39 is 11.8 Å². The molecule has 64 valence electrons. The molecular weight excluding hydrogens is 162 g/mol. The van der Waals surface area contributed by atoms with Gasteiger partial charge >= 0.3 is 0 Å². The maximum Gasteiger partial charge on any atom is 0.180 e. The quantitative estimate of drug-likeness (QED) is 0.261. The van der Waals surface area contributed by atoms with Gasteiger partial charge in [0.1, 0.15) is 0 Å². The van der Waals surface area contributed by atoms with Crippen LogP contribution >= 0.6 is 12.6 Å². The zero-order valence-corrected chi connectivity index (χ0v) is 7.27. The Kier molecular flexibility index (Phi) is 2.24. The molecular formula is C6H13N3OS. The SMILES string of the molecule is C[C@H](S)[C@H](N)C(=N)[C@]1(N)CO1. The normalized spacial score (nSPS) is 34.5. The molecule has 0 bridgehead atoms. The molecule has 0 radical (unpaired) electrons. The van der Waals surface area contributed by atoms with Crippen LogP contribution in [0.15, 0.2) is 0 Å². The lowest BCUT2D eigenvalue weighted by molar-refractivity contribution is 0.368. The first-order valence-corrected chi connectivity index (χ1v) is 3.94. The second-order valence-corrected chi connectivity index (χ2v) is 3.67. The Morgan fingerprint density at radius 1 is 1.82 bits per heavy atom. The third kappa shape index (κ3) is 1.73. The van der Waals surface area contributed by atoms with E-state index in [4.69, 9.17) is 21.6 Å². The summed E-state index contributed by atoms with van der Waals surface area (Å²) in [6, 6.07) is -0.411. The van der Waals surface area contributed by atoms with Gasteiger partial charge in [0.25, 0.3) is 0 Å². The van der Waals surface area contributed by atoms with E-state index in [9.17, 15) is 0 Å². The number of hydrogen-bond acceptors (Lipinski definition) is 5. The van der Waals surface area contributed by atoms with Crippen molar-refractivity contribution in [2.45, 2.75) is 23.9 Å². The molecule has 5 N–H and O–H groups in total. The molecule has 1 heterocycles. The summed E-state index contributed by atoms with van der Waals surface area (Å²) < 4.78 is 4.87. The molecule has 1 fully saturated rings. The van der Waals surface area contributed by atoms with Gasteiger partial charge in [-0.15, -0.1) is 0 Å². The Labute approximate surface area is 71.2 Å². The first-order chi connectivity index (χ1) is 4.97. The van der Waals surface area contributed by atoms with Crippen LogP contribution in [0.1, 0.15) is 6.92 Å². The molecule has 0 saturated carbocycles. The molecule has 0 aromatic heterocycles. The van der Waals surface area contributed by atoms with Gasteiger partial charge in [-0.3, -0.25) is 5.73 Å². The van der Waals surface area contributed by atoms with Crippen LogP contribution < -0.4 is 11.5 Å². The lowest BCUT2D eigenvalue weighted by atomic mass is 10.0. The highest BCUT2D eigenvalue weighted by Crippen LogP contribution is 2.23. The summed E-state index contributed by atoms with van der Waals surface area (Å²) in [5.41, 5.74) is 10.6. The van der Waals surface area contributed by atoms with Crippen molar-refractivity contribution in [1.29, 1.82) is 5.41 Å². The fraction of sp³-hybridized carbons (Fsp3) is 0.833. The van der Waals surface area contributed by atoms with Crippen LogP contribution in [0.5, 0.6) is 0 Å². The molecule has 0 aromatic carbocycles. The van der Waals surface area contributed by atoms with Crippen molar-refractivity contribution in [3.05, 3.63) is 0 Å². The van der Waals surface area contributed by atoms with Crippen molar-refractivity contribution in [2.24, 2.45) is 11.5 Å². The molecule has 4 nitrogen and oxygen atoms in total. The van der Waals surface area contributed by atoms with Gasteiger partial charge in [-0.05, 0) is 0 Å². The Hall–Kier alpha value is -0.100. The Bertz CT molecular complexity index is 179. The Morgan fingerprint density at radius 3 is 2.55 bits per heavy atom. The van der Waals surface area contributed by atoms with E-state index in [1.54, 1.807) is 0 Å². The minimum Gasteiger partial charge on any atom is -0.348 e. The van der Waals surface area contributed by atoms with Gasteiger partial charge in [0.05, 0.1) is 18.4 Å². The van der Waals surface area contributed by atoms with Gasteiger partial charge in [0.15, 0.2) is 5.72 Å². The van der Waals surface area contributed by atoms with Gasteiger partial charge in [0, 0.05) is 5.25 Å². The van der Waals surface area contributed by atoms with Gasteiger partial charge in [-0.1, -0.05) is 6.92 Å². The van der Waals surface area contributed by atoms with Crippen molar-refractivity contribution in [2.75, 3.05) is 6.61 Å². The molecule has 0 amide bonds. The second-order valence-electron chi connectivity index (χ2n) is 2.86. The van der Waals surface area contributed by atoms with Crippen LogP contribution in [0.4, 0.5) is 0 Å². The van der Waals surface area contributed by atoms with Crippen molar-refractivity contribution >= 4 is 18.3 Å². The summed E-state index contributed by atoms with van der Waals surface area (Å²) in [5, 5.41) is 7.45. The topological polar surface area (TPSA) is 88.4 Å². The summed E-state index contributed by atoms with van der Waals surface area (Å²) in [6.45, 7) is 2.23. The van der Waals surface area contributed by atoms with E-state index in [2.05, 4.69) is 12.6 Å². The van der Waals surface area contributed by atoms with Crippen molar-refractivity contribution < 1.29 is 4.74 Å². The third-order valence-corrected chi connectivity index (χ3v) is 2.09. The molecule has 1 rings (SSSR count). The predicted molar refractivity (Wildman–Crippen MR) is 47.0 cm³/mol. The van der Waals surface area contributed by atoms with Gasteiger partial charge in [-0.25, -0.2) is 0 Å². The molecule has 5 heteroatoms. The van der Waals surface area contributed by atoms with Crippen LogP contribution in [0.3, 0.4) is 0 Å². The van der Waals surface area contributed by atoms with Crippen molar-refractivity contribution in [3.8, 4) is 0 Å². The smallest absolute Gasteiger partial charge is 0.180 e. The number of nitrogens with one attached hydrogen (secondary N) is 1. The van der Waals surface area contributed by atoms with E-state index in [1.807, 2.05) is 6.92 Å². The first-order valence-electron chi connectivity index (χ1n) is 3.43. The summed E-state index contributed by atoms with van der Waals surface area (Å²) >= 11 is 4.12. The highest BCUT2D eigenvalue weighted by atomic mass is 32.1. The van der Waals surface area contributed by atoms with Gasteiger partial charge < -0.3 is 15.9 Å². The zero-order chi connectivity index (χ0) is 8.65. The van der Waals surface area contributed by atoms with Gasteiger partial charge in [-0.2, -0.15) is 12.6 Å². The molecule has 1 aliphatic rings. The lowest BCUT2D eigenvalue weighted by Crippen LogP contribution is -2.49. The van der Waals surface area contributed by atoms with Crippen LogP contribution in [0.25, 0.3) is 0 Å². The number of ether oxygens (including phenoxy) is 1. The minimum absolute atomic E-state index is 0.0628. The molecule has 0 aromatic rings. The third-order valence-electron chi connectivity index (χ3n) is 1.76. The molecule has 0 aliphatic carbocycles. The predicted octanol–water partition coefficient (Wildman–Crippen LogP) is -0.663. The number of hydrogen-bond donors (Lipinski definition) is 4. The van der Waals surface area contributed by atoms with E-state index in [-0.39, 0.29) is 11.0 Å². The van der Waals surface area contributed by atoms with Crippen molar-refractivity contribution in [1.82, 2.24) is 0 Å². The maximum atomic E-state index is 7.52. The first kappa shape index (κ1) is 8.99. The van der Waals surface area contributed by atoms with E-state index in [0.29, 0.717) is 6.61 Å². The van der Waals surface area contributed by atoms with Crippen LogP contribution in [-0.2, 0) is 4.74 Å². The largest absolute Gasteiger partial charge is 0.348 e. The Balaban J connectivity index is 2.54. The lowest BCUT2D eigenvalue weighted by Gasteiger charge is -2.18. The van der Waals surface area contributed by atoms with E-state index >= 15 is 0 Å². The standard InChI is InChI=1S/C6H13N3OS/c1-3(11)4(7)5(8)6(9)2-10-6/h3-4,8,11H,2,7,9H2,1H3/t3-,4-,6-/m0/s1. The van der Waals surface area contributed by atoms with E-state index in [1.165, 1.54) is 0 Å². The monoisotopic (exact) mass is 175 g/mol. The fourth-order valence-corrected chi connectivity index (χ4v) is 0.906. The molecule has 0 unspecified atom stereocenters. The van der Waals surface area contributed by atoms with Crippen LogP contribution in [-0.4, -0.2) is 29.3 Å². The average molecular weight is 175 g/mol. The summed E-state index contributed by atoms with van der Waals surface area (Å²) in [7, 11) is 0. The fourth-order valence-electron chi connectivity index (χ4n) is 0.757. The second kappa shape index (κ2) is 2.75. The van der Waals surface area contributed by atoms with E-state index in [0.717, 1.165) is 0 Å². The molecule has 11 heavy (non-hydrogen) atoms. The van der Waals surface area contributed by atoms with Crippen LogP contribution in [0, 0.1) is 5.41 Å². The van der Waals surface area contributed by atoms with Gasteiger partial charge in [0.2, 0.25) is 0 Å². The summed E-state index contributed by atoms with van der Waals surface area (Å²) in [5.74, 6) is 0. The Morgan fingerprint density at radius 2 is 2.27 bits per heavy atom. The van der Waals surface area contributed by atoms with Crippen LogP contribution in [0.2, 0.25) is 0 Å². The number of epoxide rings is 1. The zero-order valence-electron chi connectivity index (χ0n) is 6.37. The summed E-state index contributed by atoms with van der Waals surface area (Å²) in [6.07, 6.45) is 0. The number of thiol groups is 1. The number of rotatable bonds is 3. The average Bonchev–Trinajstić information content (AvgIpc) is 2.66. The highest BCUT2D eigenvalue weighted by Gasteiger charge is 2.47. The minimum atomic E-state index is -0.879. The molecule has 0 spiro atoms. The summed E-state index contributed by atoms with van der Waals surface area (Å²) in [4.78, 5) is 0. The number of nitrogens with two attached hydrogens (primary N) is 2. The molecule has 1 aliphatic heterocycles. The van der Waals surface area contributed by atoms with Crippen molar-refractivity contribution in [3.63, 3.8) is 0 Å².